The number of hydrogen-bond acceptors (Lipinski definition) is 5. The van der Waals surface area contributed by atoms with Crippen molar-refractivity contribution < 1.29 is 32.2 Å². The molecule has 206 valence electrons. The molecule has 0 atom stereocenters. The summed E-state index contributed by atoms with van der Waals surface area (Å²) in [6.45, 7) is 8.61. The molecule has 0 fully saturated rings. The highest BCUT2D eigenvalue weighted by Gasteiger charge is 2.31. The number of carbonyl (C=O) groups excluding carboxylic acids is 1. The molecule has 0 saturated carbocycles. The van der Waals surface area contributed by atoms with Crippen LogP contribution in [0.4, 0.5) is 24.5 Å². The molecule has 9 heteroatoms. The van der Waals surface area contributed by atoms with Gasteiger partial charge in [-0.3, -0.25) is 4.79 Å². The lowest BCUT2D eigenvalue weighted by molar-refractivity contribution is -0.274. The quantitative estimate of drug-likeness (QED) is 0.266. The minimum absolute atomic E-state index is 0.0750. The molecule has 0 aromatic heterocycles. The Balaban J connectivity index is 1.32. The fraction of sp³-hybridized carbons (Fsp3) is 0.0938. The number of anilines is 2. The highest BCUT2D eigenvalue weighted by Crippen LogP contribution is 2.47. The Bertz CT molecular complexity index is 1760. The first-order valence-electron chi connectivity index (χ1n) is 12.6. The number of carbonyl (C=O) groups is 1. The van der Waals surface area contributed by atoms with E-state index in [1.807, 2.05) is 48.5 Å². The average molecular weight is 557 g/mol. The van der Waals surface area contributed by atoms with Crippen LogP contribution in [0.5, 0.6) is 17.2 Å². The molecule has 0 radical (unpaired) electrons. The van der Waals surface area contributed by atoms with Crippen LogP contribution in [0.15, 0.2) is 104 Å². The molecular formula is C32H23F3N2O4. The van der Waals surface area contributed by atoms with Crippen LogP contribution in [-0.4, -0.2) is 25.6 Å². The highest BCUT2D eigenvalue weighted by atomic mass is 19.4. The summed E-state index contributed by atoms with van der Waals surface area (Å²) in [6.07, 6.45) is -3.05. The summed E-state index contributed by atoms with van der Waals surface area (Å²) in [5.41, 5.74) is 4.59. The van der Waals surface area contributed by atoms with Crippen LogP contribution in [0.2, 0.25) is 0 Å². The van der Waals surface area contributed by atoms with Gasteiger partial charge >= 0.3 is 6.36 Å². The topological polar surface area (TPSA) is 60.0 Å². The van der Waals surface area contributed by atoms with Crippen molar-refractivity contribution in [1.29, 1.82) is 0 Å². The molecule has 0 saturated heterocycles. The molecule has 0 unspecified atom stereocenters. The lowest BCUT2D eigenvalue weighted by Crippen LogP contribution is -2.32. The van der Waals surface area contributed by atoms with Crippen molar-refractivity contribution in [2.75, 3.05) is 23.6 Å². The Hall–Kier alpha value is -5.18. The highest BCUT2D eigenvalue weighted by molar-refractivity contribution is 6.05. The van der Waals surface area contributed by atoms with Crippen molar-refractivity contribution in [3.05, 3.63) is 115 Å². The number of alkyl halides is 3. The molecule has 0 bridgehead atoms. The molecule has 41 heavy (non-hydrogen) atoms. The second kappa shape index (κ2) is 10.1. The van der Waals surface area contributed by atoms with E-state index in [0.717, 1.165) is 39.6 Å². The second-order valence-electron chi connectivity index (χ2n) is 9.54. The lowest BCUT2D eigenvalue weighted by Gasteiger charge is -2.31. The van der Waals surface area contributed by atoms with E-state index in [0.29, 0.717) is 28.3 Å². The maximum absolute atomic E-state index is 13.1. The van der Waals surface area contributed by atoms with E-state index in [1.165, 1.54) is 12.1 Å². The minimum atomic E-state index is -4.84. The summed E-state index contributed by atoms with van der Waals surface area (Å²) in [6, 6.07) is 22.8. The van der Waals surface area contributed by atoms with Gasteiger partial charge in [0.1, 0.15) is 12.3 Å². The number of halogens is 3. The number of fused-ring (bicyclic) bond motifs is 3. The Morgan fingerprint density at radius 3 is 2.49 bits per heavy atom. The van der Waals surface area contributed by atoms with Gasteiger partial charge in [-0.2, -0.15) is 0 Å². The molecular weight excluding hydrogens is 533 g/mol. The van der Waals surface area contributed by atoms with Crippen molar-refractivity contribution in [3.8, 4) is 17.2 Å². The first-order valence-corrected chi connectivity index (χ1v) is 12.6. The Morgan fingerprint density at radius 1 is 0.951 bits per heavy atom. The third-order valence-corrected chi connectivity index (χ3v) is 6.82. The molecule has 6 rings (SSSR count). The van der Waals surface area contributed by atoms with Gasteiger partial charge in [-0.25, -0.2) is 0 Å². The van der Waals surface area contributed by atoms with Crippen molar-refractivity contribution >= 4 is 39.2 Å². The standard InChI is InChI=1S/C32H23F3N2O4/c1-19(22-11-10-21-6-3-4-7-23(21)12-22)27-16-37(28-15-30-29(39-18-40-30)14-26(28)20(27)2)17-31(38)36-24-8-5-9-25(13-24)41-32(33,34)35/h3-16H,1-2,17-18H2,(H,36,38). The van der Waals surface area contributed by atoms with Gasteiger partial charge in [-0.15, -0.1) is 13.2 Å². The number of nitrogens with one attached hydrogen (secondary N) is 1. The van der Waals surface area contributed by atoms with Gasteiger partial charge in [-0.05, 0) is 51.7 Å². The molecule has 4 aromatic rings. The van der Waals surface area contributed by atoms with E-state index >= 15 is 0 Å². The number of benzene rings is 4. The van der Waals surface area contributed by atoms with E-state index in [1.54, 1.807) is 17.2 Å². The molecule has 1 amide bonds. The Morgan fingerprint density at radius 2 is 1.71 bits per heavy atom. The van der Waals surface area contributed by atoms with Crippen LogP contribution in [0.1, 0.15) is 11.1 Å². The van der Waals surface area contributed by atoms with Crippen molar-refractivity contribution in [2.24, 2.45) is 0 Å². The maximum Gasteiger partial charge on any atom is 0.573 e. The molecule has 0 aliphatic carbocycles. The van der Waals surface area contributed by atoms with Gasteiger partial charge in [0.15, 0.2) is 11.5 Å². The fourth-order valence-electron chi connectivity index (χ4n) is 4.91. The van der Waals surface area contributed by atoms with Crippen LogP contribution in [-0.2, 0) is 4.79 Å². The monoisotopic (exact) mass is 556 g/mol. The van der Waals surface area contributed by atoms with E-state index in [4.69, 9.17) is 9.47 Å². The van der Waals surface area contributed by atoms with Crippen LogP contribution < -0.4 is 24.4 Å². The summed E-state index contributed by atoms with van der Waals surface area (Å²) >= 11 is 0. The van der Waals surface area contributed by atoms with Crippen LogP contribution in [0.25, 0.3) is 21.9 Å². The number of amides is 1. The van der Waals surface area contributed by atoms with Gasteiger partial charge in [-0.1, -0.05) is 55.6 Å². The van der Waals surface area contributed by atoms with Crippen LogP contribution in [0, 0.1) is 0 Å². The molecule has 1 N–H and O–H groups in total. The van der Waals surface area contributed by atoms with Crippen molar-refractivity contribution in [1.82, 2.24) is 0 Å². The van der Waals surface area contributed by atoms with Crippen LogP contribution in [0.3, 0.4) is 0 Å². The summed E-state index contributed by atoms with van der Waals surface area (Å²) in [7, 11) is 0. The van der Waals surface area contributed by atoms with Gasteiger partial charge in [0.05, 0.1) is 5.69 Å². The maximum atomic E-state index is 13.1. The number of ether oxygens (including phenoxy) is 3. The number of allylic oxidation sites excluding steroid dienone is 3. The summed E-state index contributed by atoms with van der Waals surface area (Å²) in [5.74, 6) is 0.200. The van der Waals surface area contributed by atoms with Crippen molar-refractivity contribution in [3.63, 3.8) is 0 Å². The predicted molar refractivity (Wildman–Crippen MR) is 152 cm³/mol. The largest absolute Gasteiger partial charge is 0.573 e. The molecule has 6 nitrogen and oxygen atoms in total. The van der Waals surface area contributed by atoms with E-state index in [9.17, 15) is 18.0 Å². The zero-order valence-electron chi connectivity index (χ0n) is 21.6. The van der Waals surface area contributed by atoms with Crippen LogP contribution >= 0.6 is 0 Å². The van der Waals surface area contributed by atoms with Gasteiger partial charge < -0.3 is 24.4 Å². The fourth-order valence-corrected chi connectivity index (χ4v) is 4.91. The zero-order valence-corrected chi connectivity index (χ0v) is 21.6. The minimum Gasteiger partial charge on any atom is -0.454 e. The number of rotatable bonds is 6. The molecule has 2 heterocycles. The molecule has 2 aliphatic rings. The van der Waals surface area contributed by atoms with E-state index in [2.05, 4.69) is 23.2 Å². The predicted octanol–water partition coefficient (Wildman–Crippen LogP) is 7.54. The Kier molecular flexibility index (Phi) is 6.42. The first-order chi connectivity index (χ1) is 19.6. The van der Waals surface area contributed by atoms with E-state index in [-0.39, 0.29) is 19.0 Å². The number of nitrogens with zero attached hydrogens (tertiary/aromatic N) is 1. The molecule has 0 spiro atoms. The second-order valence-corrected chi connectivity index (χ2v) is 9.54. The third kappa shape index (κ3) is 5.34. The lowest BCUT2D eigenvalue weighted by atomic mass is 9.87. The SMILES string of the molecule is C=C(C1=CN(CC(=O)Nc2cccc(OC(F)(F)F)c2)c2cc3c(cc2C1=C)OCO3)c1ccc2ccccc2c1. The normalized spacial score (nSPS) is 14.0. The van der Waals surface area contributed by atoms with Gasteiger partial charge in [0.25, 0.3) is 0 Å². The average Bonchev–Trinajstić information content (AvgIpc) is 3.40. The van der Waals surface area contributed by atoms with E-state index < -0.39 is 18.0 Å². The summed E-state index contributed by atoms with van der Waals surface area (Å²) in [4.78, 5) is 14.9. The smallest absolute Gasteiger partial charge is 0.454 e. The third-order valence-electron chi connectivity index (χ3n) is 6.82. The summed E-state index contributed by atoms with van der Waals surface area (Å²) in [5, 5.41) is 4.81. The first kappa shape index (κ1) is 26.1. The molecule has 2 aliphatic heterocycles. The van der Waals surface area contributed by atoms with Gasteiger partial charge in [0.2, 0.25) is 12.7 Å². The van der Waals surface area contributed by atoms with Crippen molar-refractivity contribution in [2.45, 2.75) is 6.36 Å². The van der Waals surface area contributed by atoms with Gasteiger partial charge in [0, 0.05) is 35.2 Å². The Labute approximate surface area is 233 Å². The summed E-state index contributed by atoms with van der Waals surface area (Å²) < 4.78 is 53.1. The zero-order chi connectivity index (χ0) is 28.7. The number of hydrogen-bond donors (Lipinski definition) is 1. The molecule has 4 aromatic carbocycles.